The molecule has 2 saturated heterocycles. The van der Waals surface area contributed by atoms with Crippen LogP contribution >= 0.6 is 46.2 Å². The number of halogens is 1. The summed E-state index contributed by atoms with van der Waals surface area (Å²) in [5, 5.41) is 13.7. The number of nitrogens with zero attached hydrogens (tertiary/aromatic N) is 1. The third-order valence-corrected chi connectivity index (χ3v) is 6.90. The van der Waals surface area contributed by atoms with Gasteiger partial charge in [-0.25, -0.2) is 0 Å². The first kappa shape index (κ1) is 19.6. The average molecular weight is 373 g/mol. The first-order valence-electron chi connectivity index (χ1n) is 7.37. The van der Waals surface area contributed by atoms with Crippen LogP contribution in [0.5, 0.6) is 0 Å². The zero-order chi connectivity index (χ0) is 14.2. The number of morpholine rings is 1. The van der Waals surface area contributed by atoms with Gasteiger partial charge >= 0.3 is 0 Å². The van der Waals surface area contributed by atoms with Crippen molar-refractivity contribution < 1.29 is 9.84 Å². The maximum absolute atomic E-state index is 9.64. The highest BCUT2D eigenvalue weighted by Gasteiger charge is 2.23. The summed E-state index contributed by atoms with van der Waals surface area (Å²) in [6.45, 7) is 3.07. The number of hydrogen-bond acceptors (Lipinski definition) is 5. The molecule has 0 radical (unpaired) electrons. The Morgan fingerprint density at radius 1 is 1.38 bits per heavy atom. The molecule has 2 rings (SSSR count). The standard InChI is InChI=1S/C13H24N2O2S3.ClH/c16-13(18)15(12-10-14-6-8-17-12)7-3-1-2-4-11-5-9-19-20-11;/h11-12,14H,1-10H2,(H,16,18);1H. The summed E-state index contributed by atoms with van der Waals surface area (Å²) in [5.41, 5.74) is 0. The second-order valence-corrected chi connectivity index (χ2v) is 8.34. The maximum Gasteiger partial charge on any atom is 0.258 e. The van der Waals surface area contributed by atoms with E-state index in [2.05, 4.69) is 16.1 Å². The van der Waals surface area contributed by atoms with Gasteiger partial charge in [-0.15, -0.1) is 12.4 Å². The fourth-order valence-corrected chi connectivity index (χ4v) is 5.75. The van der Waals surface area contributed by atoms with E-state index in [1.165, 1.54) is 31.4 Å². The van der Waals surface area contributed by atoms with Gasteiger partial charge in [-0.05, 0) is 31.5 Å². The summed E-state index contributed by atoms with van der Waals surface area (Å²) in [7, 11) is 4.06. The van der Waals surface area contributed by atoms with Gasteiger partial charge in [-0.2, -0.15) is 0 Å². The Labute approximate surface area is 146 Å². The van der Waals surface area contributed by atoms with E-state index in [1.807, 2.05) is 15.7 Å². The van der Waals surface area contributed by atoms with Crippen LogP contribution in [0.25, 0.3) is 0 Å². The zero-order valence-corrected chi connectivity index (χ0v) is 15.4. The molecular formula is C13H25ClN2O2S3. The van der Waals surface area contributed by atoms with Crippen molar-refractivity contribution in [1.29, 1.82) is 0 Å². The van der Waals surface area contributed by atoms with Gasteiger partial charge in [0.15, 0.2) is 0 Å². The van der Waals surface area contributed by atoms with Gasteiger partial charge in [0.1, 0.15) is 6.23 Å². The van der Waals surface area contributed by atoms with Crippen LogP contribution in [0, 0.1) is 0 Å². The lowest BCUT2D eigenvalue weighted by molar-refractivity contribution is -0.0499. The number of nitrogens with one attached hydrogen (secondary N) is 1. The largest absolute Gasteiger partial charge is 0.486 e. The molecule has 0 aromatic carbocycles. The molecule has 2 aliphatic heterocycles. The Morgan fingerprint density at radius 3 is 2.86 bits per heavy atom. The number of aliphatic hydroxyl groups is 1. The zero-order valence-electron chi connectivity index (χ0n) is 12.2. The van der Waals surface area contributed by atoms with E-state index in [9.17, 15) is 5.11 Å². The van der Waals surface area contributed by atoms with Crippen LogP contribution in [0.15, 0.2) is 0 Å². The van der Waals surface area contributed by atoms with Gasteiger partial charge in [-0.3, -0.25) is 0 Å². The average Bonchev–Trinajstić information content (AvgIpc) is 2.96. The van der Waals surface area contributed by atoms with Gasteiger partial charge in [-0.1, -0.05) is 34.4 Å². The highest BCUT2D eigenvalue weighted by Crippen LogP contribution is 2.39. The van der Waals surface area contributed by atoms with Gasteiger partial charge in [0.05, 0.1) is 6.61 Å². The lowest BCUT2D eigenvalue weighted by Gasteiger charge is -2.34. The summed E-state index contributed by atoms with van der Waals surface area (Å²) in [4.78, 5) is 1.81. The van der Waals surface area contributed by atoms with Crippen LogP contribution in [0.2, 0.25) is 0 Å². The highest BCUT2D eigenvalue weighted by molar-refractivity contribution is 8.77. The van der Waals surface area contributed by atoms with Gasteiger partial charge < -0.3 is 20.1 Å². The van der Waals surface area contributed by atoms with E-state index in [4.69, 9.17) is 17.0 Å². The van der Waals surface area contributed by atoms with Crippen molar-refractivity contribution in [3.05, 3.63) is 0 Å². The molecule has 4 nitrogen and oxygen atoms in total. The predicted molar refractivity (Wildman–Crippen MR) is 98.7 cm³/mol. The molecule has 0 bridgehead atoms. The first-order chi connectivity index (χ1) is 9.77. The summed E-state index contributed by atoms with van der Waals surface area (Å²) < 4.78 is 5.65. The molecule has 0 amide bonds. The third kappa shape index (κ3) is 7.14. The van der Waals surface area contributed by atoms with Crippen molar-refractivity contribution in [2.45, 2.75) is 43.6 Å². The Hall–Kier alpha value is 0.600. The normalized spacial score (nSPS) is 25.3. The highest BCUT2D eigenvalue weighted by atomic mass is 35.5. The Balaban J connectivity index is 0.00000220. The molecule has 0 aromatic rings. The Morgan fingerprint density at radius 2 is 2.24 bits per heavy atom. The number of ether oxygens (including phenoxy) is 1. The molecule has 2 heterocycles. The molecule has 0 aliphatic carbocycles. The topological polar surface area (TPSA) is 44.7 Å². The van der Waals surface area contributed by atoms with Crippen LogP contribution < -0.4 is 5.32 Å². The van der Waals surface area contributed by atoms with Gasteiger partial charge in [0, 0.05) is 30.6 Å². The van der Waals surface area contributed by atoms with E-state index in [0.717, 1.165) is 31.3 Å². The lowest BCUT2D eigenvalue weighted by atomic mass is 10.1. The van der Waals surface area contributed by atoms with E-state index in [-0.39, 0.29) is 23.8 Å². The summed E-state index contributed by atoms with van der Waals surface area (Å²) >= 11 is 4.93. The number of aliphatic hydroxyl groups excluding tert-OH is 1. The quantitative estimate of drug-likeness (QED) is 0.404. The van der Waals surface area contributed by atoms with Crippen LogP contribution in [0.3, 0.4) is 0 Å². The van der Waals surface area contributed by atoms with Crippen LogP contribution in [-0.2, 0) is 4.74 Å². The van der Waals surface area contributed by atoms with Crippen molar-refractivity contribution in [3.63, 3.8) is 0 Å². The third-order valence-electron chi connectivity index (χ3n) is 3.65. The minimum absolute atomic E-state index is 0. The molecule has 0 spiro atoms. The molecule has 2 unspecified atom stereocenters. The van der Waals surface area contributed by atoms with Crippen molar-refractivity contribution in [3.8, 4) is 0 Å². The van der Waals surface area contributed by atoms with Crippen LogP contribution in [0.1, 0.15) is 32.1 Å². The van der Waals surface area contributed by atoms with Crippen molar-refractivity contribution >= 4 is 51.4 Å². The molecular weight excluding hydrogens is 348 g/mol. The van der Waals surface area contributed by atoms with Crippen molar-refractivity contribution in [2.75, 3.05) is 32.0 Å². The Kier molecular flexibility index (Phi) is 10.5. The van der Waals surface area contributed by atoms with Crippen LogP contribution in [-0.4, -0.2) is 58.7 Å². The maximum atomic E-state index is 9.64. The molecule has 21 heavy (non-hydrogen) atoms. The SMILES string of the molecule is Cl.OC(=S)N(CCCCCC1CCSS1)C1CNCCO1. The summed E-state index contributed by atoms with van der Waals surface area (Å²) in [6, 6.07) is 0. The molecule has 0 aromatic heterocycles. The second-order valence-electron chi connectivity index (χ2n) is 5.18. The molecule has 124 valence electrons. The summed E-state index contributed by atoms with van der Waals surface area (Å²) in [6.07, 6.45) is 6.11. The van der Waals surface area contributed by atoms with Gasteiger partial charge in [0.2, 0.25) is 0 Å². The minimum Gasteiger partial charge on any atom is -0.486 e. The van der Waals surface area contributed by atoms with E-state index in [0.29, 0.717) is 6.61 Å². The number of rotatable bonds is 7. The fraction of sp³-hybridized carbons (Fsp3) is 0.923. The molecule has 2 aliphatic rings. The number of thiocarbonyl (C=S) groups is 1. The monoisotopic (exact) mass is 372 g/mol. The lowest BCUT2D eigenvalue weighted by Crippen LogP contribution is -2.51. The number of unbranched alkanes of at least 4 members (excludes halogenated alkanes) is 2. The first-order valence-corrected chi connectivity index (χ1v) is 10.2. The molecule has 2 N–H and O–H groups in total. The summed E-state index contributed by atoms with van der Waals surface area (Å²) in [5.74, 6) is 1.31. The number of hydrogen-bond donors (Lipinski definition) is 2. The smallest absolute Gasteiger partial charge is 0.258 e. The predicted octanol–water partition coefficient (Wildman–Crippen LogP) is 3.21. The molecule has 2 atom stereocenters. The Bertz CT molecular complexity index is 301. The van der Waals surface area contributed by atoms with E-state index < -0.39 is 0 Å². The van der Waals surface area contributed by atoms with Crippen molar-refractivity contribution in [2.24, 2.45) is 0 Å². The second kappa shape index (κ2) is 11.2. The fourth-order valence-electron chi connectivity index (χ4n) is 2.51. The minimum atomic E-state index is -0.108. The molecule has 8 heteroatoms. The van der Waals surface area contributed by atoms with Gasteiger partial charge in [0.25, 0.3) is 5.17 Å². The van der Waals surface area contributed by atoms with E-state index in [1.54, 1.807) is 0 Å². The van der Waals surface area contributed by atoms with E-state index >= 15 is 0 Å². The molecule has 0 saturated carbocycles. The van der Waals surface area contributed by atoms with Crippen LogP contribution in [0.4, 0.5) is 0 Å². The van der Waals surface area contributed by atoms with Crippen molar-refractivity contribution in [1.82, 2.24) is 10.2 Å². The molecule has 2 fully saturated rings.